The van der Waals surface area contributed by atoms with Crippen molar-refractivity contribution in [2.75, 3.05) is 0 Å². The van der Waals surface area contributed by atoms with Crippen LogP contribution in [-0.4, -0.2) is 4.98 Å². The zero-order valence-electron chi connectivity index (χ0n) is 16.7. The van der Waals surface area contributed by atoms with E-state index in [-0.39, 0.29) is 32.7 Å². The van der Waals surface area contributed by atoms with Gasteiger partial charge in [-0.2, -0.15) is 18.9 Å². The fourth-order valence-corrected chi connectivity index (χ4v) is 3.44. The van der Waals surface area contributed by atoms with E-state index in [4.69, 9.17) is 0 Å². The summed E-state index contributed by atoms with van der Waals surface area (Å²) in [5.41, 5.74) is 6.90. The maximum absolute atomic E-state index is 4.64. The normalized spacial score (nSPS) is 11.9. The second-order valence-corrected chi connectivity index (χ2v) is 7.12. The van der Waals surface area contributed by atoms with E-state index in [1.165, 1.54) is 11.1 Å². The van der Waals surface area contributed by atoms with Crippen LogP contribution in [0.2, 0.25) is 0 Å². The summed E-state index contributed by atoms with van der Waals surface area (Å²) in [6.07, 6.45) is 5.15. The van der Waals surface area contributed by atoms with Gasteiger partial charge in [-0.3, -0.25) is 0 Å². The van der Waals surface area contributed by atoms with Crippen LogP contribution in [0.1, 0.15) is 57.1 Å². The molecule has 2 heteroatoms. The molecule has 3 rings (SSSR count). The Bertz CT molecular complexity index is 855. The van der Waals surface area contributed by atoms with Crippen LogP contribution in [0.15, 0.2) is 54.7 Å². The van der Waals surface area contributed by atoms with Crippen LogP contribution in [-0.2, 0) is 32.7 Å². The Labute approximate surface area is 189 Å². The van der Waals surface area contributed by atoms with Gasteiger partial charge in [0.05, 0.1) is 0 Å². The maximum atomic E-state index is 4.64. The van der Waals surface area contributed by atoms with Gasteiger partial charge in [-0.15, -0.1) is 76.9 Å². The Morgan fingerprint density at radius 3 is 2.48 bits per heavy atom. The Kier molecular flexibility index (Phi) is 8.38. The first-order valence-electron chi connectivity index (χ1n) is 9.38. The number of hydrogen-bond donors (Lipinski definition) is 0. The van der Waals surface area contributed by atoms with Crippen LogP contribution in [0.5, 0.6) is 0 Å². The van der Waals surface area contributed by atoms with Crippen LogP contribution in [0.4, 0.5) is 0 Å². The first kappa shape index (κ1) is 22.0. The van der Waals surface area contributed by atoms with E-state index in [1.54, 1.807) is 0 Å². The monoisotopic (exact) mass is 429 g/mol. The van der Waals surface area contributed by atoms with Gasteiger partial charge < -0.3 is 11.4 Å². The first-order chi connectivity index (χ1) is 12.6. The molecule has 0 saturated heterocycles. The molecule has 1 nitrogen and oxygen atoms in total. The van der Waals surface area contributed by atoms with Crippen molar-refractivity contribution in [2.45, 2.75) is 46.0 Å². The summed E-state index contributed by atoms with van der Waals surface area (Å²) < 4.78 is 0. The summed E-state index contributed by atoms with van der Waals surface area (Å²) in [6.45, 7) is 8.92. The SMILES string of the molecule is C[CH-]CC(C)c1[c-]c(-c2cccnc2-c2[c-]cccc2)ccc1C(C)C.[Y+3]. The Balaban J connectivity index is 0.00000261. The van der Waals surface area contributed by atoms with Gasteiger partial charge in [0, 0.05) is 6.20 Å². The Hall–Kier alpha value is -1.31. The number of benzene rings is 2. The summed E-state index contributed by atoms with van der Waals surface area (Å²) in [5.74, 6) is 0.950. The van der Waals surface area contributed by atoms with Gasteiger partial charge >= 0.3 is 32.7 Å². The molecule has 0 radical (unpaired) electrons. The predicted octanol–water partition coefficient (Wildman–Crippen LogP) is 6.85. The summed E-state index contributed by atoms with van der Waals surface area (Å²) in [6, 6.07) is 23.6. The molecule has 0 aliphatic rings. The van der Waals surface area contributed by atoms with E-state index in [2.05, 4.69) is 75.5 Å². The third-order valence-electron chi connectivity index (χ3n) is 4.78. The molecule has 3 aromatic rings. The van der Waals surface area contributed by atoms with Crippen molar-refractivity contribution < 1.29 is 32.7 Å². The van der Waals surface area contributed by atoms with Crippen LogP contribution < -0.4 is 0 Å². The van der Waals surface area contributed by atoms with Crippen LogP contribution in [0.25, 0.3) is 22.4 Å². The van der Waals surface area contributed by atoms with Crippen molar-refractivity contribution in [1.29, 1.82) is 0 Å². The molecule has 2 aromatic carbocycles. The summed E-state index contributed by atoms with van der Waals surface area (Å²) in [7, 11) is 0. The molecule has 0 fully saturated rings. The van der Waals surface area contributed by atoms with Crippen molar-refractivity contribution in [3.8, 4) is 22.4 Å². The first-order valence-corrected chi connectivity index (χ1v) is 9.38. The third-order valence-corrected chi connectivity index (χ3v) is 4.78. The molecule has 0 bridgehead atoms. The minimum absolute atomic E-state index is 0. The largest absolute Gasteiger partial charge is 3.00 e. The smallest absolute Gasteiger partial charge is 0.331 e. The predicted molar refractivity (Wildman–Crippen MR) is 110 cm³/mol. The van der Waals surface area contributed by atoms with E-state index < -0.39 is 0 Å². The average Bonchev–Trinajstić information content (AvgIpc) is 2.68. The van der Waals surface area contributed by atoms with Crippen molar-refractivity contribution in [3.63, 3.8) is 0 Å². The molecule has 0 amide bonds. The third kappa shape index (κ3) is 5.15. The molecule has 1 aromatic heterocycles. The quantitative estimate of drug-likeness (QED) is 0.390. The second kappa shape index (κ2) is 10.3. The van der Waals surface area contributed by atoms with E-state index in [0.29, 0.717) is 11.8 Å². The van der Waals surface area contributed by atoms with Gasteiger partial charge in [0.15, 0.2) is 0 Å². The topological polar surface area (TPSA) is 12.9 Å². The van der Waals surface area contributed by atoms with Crippen molar-refractivity contribution in [2.24, 2.45) is 0 Å². The molecular formula is C25H26NY. The average molecular weight is 429 g/mol. The van der Waals surface area contributed by atoms with Crippen molar-refractivity contribution in [3.05, 3.63) is 84.4 Å². The van der Waals surface area contributed by atoms with Crippen LogP contribution in [0, 0.1) is 18.6 Å². The molecule has 1 heterocycles. The Morgan fingerprint density at radius 2 is 1.81 bits per heavy atom. The Morgan fingerprint density at radius 1 is 1.00 bits per heavy atom. The standard InChI is InChI=1S/C25H26N.Y/c1-5-10-19(4)24-17-21(14-15-22(24)18(2)3)23-13-9-16-26-25(23)20-11-7-6-8-12-20;/h5-9,11,13-16,18-19H,10H2,1-4H3;/q-3;+3. The molecule has 1 unspecified atom stereocenters. The molecule has 0 N–H and O–H groups in total. The van der Waals surface area contributed by atoms with Gasteiger partial charge in [-0.05, 0) is 5.69 Å². The zero-order valence-corrected chi connectivity index (χ0v) is 19.5. The van der Waals surface area contributed by atoms with Gasteiger partial charge in [0.2, 0.25) is 0 Å². The van der Waals surface area contributed by atoms with E-state index >= 15 is 0 Å². The number of pyridine rings is 1. The van der Waals surface area contributed by atoms with Gasteiger partial charge in [0.1, 0.15) is 0 Å². The molecular weight excluding hydrogens is 403 g/mol. The molecule has 0 aliphatic heterocycles. The van der Waals surface area contributed by atoms with E-state index in [1.807, 2.05) is 30.5 Å². The molecule has 0 aliphatic carbocycles. The molecule has 0 spiro atoms. The fraction of sp³-hybridized carbons (Fsp3) is 0.280. The molecule has 27 heavy (non-hydrogen) atoms. The summed E-state index contributed by atoms with van der Waals surface area (Å²) >= 11 is 0. The molecule has 1 atom stereocenters. The zero-order chi connectivity index (χ0) is 18.5. The minimum atomic E-state index is 0. The maximum Gasteiger partial charge on any atom is 3.00 e. The fourth-order valence-electron chi connectivity index (χ4n) is 3.44. The molecule has 0 saturated carbocycles. The van der Waals surface area contributed by atoms with Gasteiger partial charge in [0.25, 0.3) is 0 Å². The van der Waals surface area contributed by atoms with Crippen LogP contribution in [0.3, 0.4) is 0 Å². The van der Waals surface area contributed by atoms with E-state index in [9.17, 15) is 0 Å². The van der Waals surface area contributed by atoms with Crippen LogP contribution >= 0.6 is 0 Å². The number of nitrogens with zero attached hydrogens (tertiary/aromatic N) is 1. The summed E-state index contributed by atoms with van der Waals surface area (Å²) in [5, 5.41) is 0. The second-order valence-electron chi connectivity index (χ2n) is 7.12. The van der Waals surface area contributed by atoms with Crippen molar-refractivity contribution in [1.82, 2.24) is 4.98 Å². The summed E-state index contributed by atoms with van der Waals surface area (Å²) in [4.78, 5) is 4.64. The van der Waals surface area contributed by atoms with E-state index in [0.717, 1.165) is 28.8 Å². The van der Waals surface area contributed by atoms with Crippen molar-refractivity contribution >= 4 is 0 Å². The van der Waals surface area contributed by atoms with Gasteiger partial charge in [-0.1, -0.05) is 38.7 Å². The minimum Gasteiger partial charge on any atom is -0.331 e. The number of rotatable bonds is 6. The number of hydrogen-bond acceptors (Lipinski definition) is 1. The molecule has 134 valence electrons. The van der Waals surface area contributed by atoms with Gasteiger partial charge in [-0.25, -0.2) is 0 Å². The number of aromatic nitrogens is 1.